The average molecular weight is 310 g/mol. The molecule has 0 aliphatic heterocycles. The Bertz CT molecular complexity index is 313. The lowest BCUT2D eigenvalue weighted by atomic mass is 9.70. The molecule has 2 rings (SSSR count). The minimum Gasteiger partial charge on any atom is -0.435 e. The Morgan fingerprint density at radius 3 is 2.05 bits per heavy atom. The molecule has 0 aromatic rings. The first-order valence-electron chi connectivity index (χ1n) is 9.56. The summed E-state index contributed by atoms with van der Waals surface area (Å²) in [6, 6.07) is 0. The van der Waals surface area contributed by atoms with Gasteiger partial charge in [-0.05, 0) is 63.2 Å². The van der Waals surface area contributed by atoms with Crippen molar-refractivity contribution in [1.82, 2.24) is 0 Å². The van der Waals surface area contributed by atoms with E-state index in [0.29, 0.717) is 6.61 Å². The van der Waals surface area contributed by atoms with E-state index in [1.807, 2.05) is 6.92 Å². The summed E-state index contributed by atoms with van der Waals surface area (Å²) in [6.45, 7) is 4.51. The lowest BCUT2D eigenvalue weighted by molar-refractivity contribution is 0.00161. The van der Waals surface area contributed by atoms with Crippen LogP contribution in [0.1, 0.15) is 84.5 Å². The van der Waals surface area contributed by atoms with E-state index in [2.05, 4.69) is 6.92 Å². The Morgan fingerprint density at radius 2 is 1.50 bits per heavy atom. The molecule has 0 N–H and O–H groups in total. The van der Waals surface area contributed by atoms with Crippen LogP contribution in [0.3, 0.4) is 0 Å². The van der Waals surface area contributed by atoms with E-state index in [9.17, 15) is 4.79 Å². The zero-order valence-corrected chi connectivity index (χ0v) is 14.5. The second-order valence-electron chi connectivity index (χ2n) is 7.26. The molecule has 2 saturated carbocycles. The summed E-state index contributed by atoms with van der Waals surface area (Å²) in [6.07, 6.45) is 14.1. The van der Waals surface area contributed by atoms with E-state index in [4.69, 9.17) is 9.47 Å². The number of rotatable bonds is 6. The van der Waals surface area contributed by atoms with Crippen LogP contribution < -0.4 is 0 Å². The molecule has 3 heteroatoms. The minimum absolute atomic E-state index is 0.0937. The standard InChI is InChI=1S/C19H34O3/c1-3-5-6-15-7-9-16(10-8-15)17-11-13-18(14-12-17)22-19(20)21-4-2/h15-18H,3-14H2,1-2H3. The van der Waals surface area contributed by atoms with Crippen LogP contribution in [0.4, 0.5) is 4.79 Å². The number of unbranched alkanes of at least 4 members (excludes halogenated alkanes) is 1. The van der Waals surface area contributed by atoms with Crippen LogP contribution in [-0.4, -0.2) is 18.9 Å². The Balaban J connectivity index is 1.64. The van der Waals surface area contributed by atoms with Gasteiger partial charge in [0.1, 0.15) is 6.10 Å². The van der Waals surface area contributed by atoms with Crippen LogP contribution in [0.15, 0.2) is 0 Å². The van der Waals surface area contributed by atoms with Crippen LogP contribution in [0.25, 0.3) is 0 Å². The fraction of sp³-hybridized carbons (Fsp3) is 0.947. The maximum absolute atomic E-state index is 11.4. The van der Waals surface area contributed by atoms with Gasteiger partial charge in [0.25, 0.3) is 0 Å². The van der Waals surface area contributed by atoms with Crippen LogP contribution in [0.5, 0.6) is 0 Å². The molecular weight excluding hydrogens is 276 g/mol. The van der Waals surface area contributed by atoms with Crippen molar-refractivity contribution in [3.8, 4) is 0 Å². The average Bonchev–Trinajstić information content (AvgIpc) is 2.54. The van der Waals surface area contributed by atoms with E-state index in [-0.39, 0.29) is 6.10 Å². The van der Waals surface area contributed by atoms with Gasteiger partial charge in [-0.25, -0.2) is 4.79 Å². The summed E-state index contributed by atoms with van der Waals surface area (Å²) in [5.74, 6) is 2.80. The SMILES string of the molecule is CCCCC1CCC(C2CCC(OC(=O)OCC)CC2)CC1. The normalized spacial score (nSPS) is 32.5. The first-order chi connectivity index (χ1) is 10.7. The molecule has 2 aliphatic carbocycles. The molecular formula is C19H34O3. The summed E-state index contributed by atoms with van der Waals surface area (Å²) >= 11 is 0. The van der Waals surface area contributed by atoms with Crippen molar-refractivity contribution in [2.75, 3.05) is 6.61 Å². The molecule has 22 heavy (non-hydrogen) atoms. The van der Waals surface area contributed by atoms with E-state index in [1.165, 1.54) is 57.8 Å². The number of ether oxygens (including phenoxy) is 2. The molecule has 0 spiro atoms. The van der Waals surface area contributed by atoms with Gasteiger partial charge < -0.3 is 9.47 Å². The Morgan fingerprint density at radius 1 is 0.909 bits per heavy atom. The third-order valence-electron chi connectivity index (χ3n) is 5.77. The highest BCUT2D eigenvalue weighted by Crippen LogP contribution is 2.41. The number of hydrogen-bond donors (Lipinski definition) is 0. The van der Waals surface area contributed by atoms with E-state index >= 15 is 0 Å². The predicted molar refractivity (Wildman–Crippen MR) is 88.8 cm³/mol. The van der Waals surface area contributed by atoms with E-state index < -0.39 is 6.16 Å². The van der Waals surface area contributed by atoms with Crippen molar-refractivity contribution < 1.29 is 14.3 Å². The highest BCUT2D eigenvalue weighted by atomic mass is 16.7. The smallest absolute Gasteiger partial charge is 0.435 e. The molecule has 0 atom stereocenters. The molecule has 0 bridgehead atoms. The Hall–Kier alpha value is -0.730. The van der Waals surface area contributed by atoms with Gasteiger partial charge in [-0.1, -0.05) is 39.0 Å². The molecule has 0 amide bonds. The topological polar surface area (TPSA) is 35.5 Å². The Labute approximate surface area is 136 Å². The molecule has 0 saturated heterocycles. The fourth-order valence-electron chi connectivity index (χ4n) is 4.41. The van der Waals surface area contributed by atoms with Crippen molar-refractivity contribution in [3.63, 3.8) is 0 Å². The van der Waals surface area contributed by atoms with Crippen molar-refractivity contribution in [2.24, 2.45) is 17.8 Å². The van der Waals surface area contributed by atoms with Crippen LogP contribution >= 0.6 is 0 Å². The summed E-state index contributed by atoms with van der Waals surface area (Å²) in [5, 5.41) is 0. The van der Waals surface area contributed by atoms with Gasteiger partial charge in [-0.3, -0.25) is 0 Å². The van der Waals surface area contributed by atoms with Gasteiger partial charge in [0, 0.05) is 0 Å². The van der Waals surface area contributed by atoms with Crippen LogP contribution in [-0.2, 0) is 9.47 Å². The van der Waals surface area contributed by atoms with Gasteiger partial charge in [-0.15, -0.1) is 0 Å². The molecule has 128 valence electrons. The first-order valence-corrected chi connectivity index (χ1v) is 9.56. The lowest BCUT2D eigenvalue weighted by Gasteiger charge is -2.37. The van der Waals surface area contributed by atoms with Gasteiger partial charge in [-0.2, -0.15) is 0 Å². The predicted octanol–water partition coefficient (Wildman–Crippen LogP) is 5.71. The van der Waals surface area contributed by atoms with Crippen LogP contribution in [0.2, 0.25) is 0 Å². The zero-order chi connectivity index (χ0) is 15.8. The first kappa shape index (κ1) is 17.6. The molecule has 0 unspecified atom stereocenters. The third-order valence-corrected chi connectivity index (χ3v) is 5.77. The number of carbonyl (C=O) groups excluding carboxylic acids is 1. The maximum atomic E-state index is 11.4. The van der Waals surface area contributed by atoms with Crippen LogP contribution in [0, 0.1) is 17.8 Å². The molecule has 2 aliphatic rings. The summed E-state index contributed by atoms with van der Waals surface area (Å²) < 4.78 is 10.2. The molecule has 2 fully saturated rings. The van der Waals surface area contributed by atoms with Gasteiger partial charge in [0.2, 0.25) is 0 Å². The van der Waals surface area contributed by atoms with E-state index in [1.54, 1.807) is 0 Å². The van der Waals surface area contributed by atoms with Gasteiger partial charge in [0.15, 0.2) is 0 Å². The molecule has 0 aromatic carbocycles. The van der Waals surface area contributed by atoms with Crippen molar-refractivity contribution in [1.29, 1.82) is 0 Å². The van der Waals surface area contributed by atoms with Crippen molar-refractivity contribution in [3.05, 3.63) is 0 Å². The molecule has 0 heterocycles. The van der Waals surface area contributed by atoms with Crippen molar-refractivity contribution in [2.45, 2.75) is 90.6 Å². The fourth-order valence-corrected chi connectivity index (χ4v) is 4.41. The second kappa shape index (κ2) is 9.42. The highest BCUT2D eigenvalue weighted by Gasteiger charge is 2.31. The largest absolute Gasteiger partial charge is 0.508 e. The van der Waals surface area contributed by atoms with Gasteiger partial charge in [0.05, 0.1) is 6.61 Å². The maximum Gasteiger partial charge on any atom is 0.508 e. The summed E-state index contributed by atoms with van der Waals surface area (Å²) in [5.41, 5.74) is 0. The third kappa shape index (κ3) is 5.48. The zero-order valence-electron chi connectivity index (χ0n) is 14.5. The summed E-state index contributed by atoms with van der Waals surface area (Å²) in [7, 11) is 0. The van der Waals surface area contributed by atoms with E-state index in [0.717, 1.165) is 30.6 Å². The van der Waals surface area contributed by atoms with Crippen molar-refractivity contribution >= 4 is 6.16 Å². The monoisotopic (exact) mass is 310 g/mol. The summed E-state index contributed by atoms with van der Waals surface area (Å²) in [4.78, 5) is 11.4. The highest BCUT2D eigenvalue weighted by molar-refractivity contribution is 5.60. The lowest BCUT2D eigenvalue weighted by Crippen LogP contribution is -2.30. The molecule has 0 radical (unpaired) electrons. The quantitative estimate of drug-likeness (QED) is 0.589. The number of hydrogen-bond acceptors (Lipinski definition) is 3. The Kier molecular flexibility index (Phi) is 7.54. The molecule has 3 nitrogen and oxygen atoms in total. The molecule has 0 aromatic heterocycles. The van der Waals surface area contributed by atoms with Gasteiger partial charge >= 0.3 is 6.16 Å². The second-order valence-corrected chi connectivity index (χ2v) is 7.26. The number of carbonyl (C=O) groups is 1. The minimum atomic E-state index is -0.484.